The first kappa shape index (κ1) is 12.1. The molecule has 0 radical (unpaired) electrons. The van der Waals surface area contributed by atoms with Gasteiger partial charge >= 0.3 is 0 Å². The Morgan fingerprint density at radius 3 is 2.58 bits per heavy atom. The van der Waals surface area contributed by atoms with Gasteiger partial charge in [0.1, 0.15) is 5.82 Å². The van der Waals surface area contributed by atoms with Crippen LogP contribution in [-0.2, 0) is 0 Å². The number of aryl methyl sites for hydroxylation is 2. The van der Waals surface area contributed by atoms with Crippen LogP contribution >= 0.6 is 11.3 Å². The summed E-state index contributed by atoms with van der Waals surface area (Å²) in [6.07, 6.45) is 0. The molecule has 4 heteroatoms. The molecular weight excluding hydrogens is 259 g/mol. The molecule has 0 unspecified atom stereocenters. The summed E-state index contributed by atoms with van der Waals surface area (Å²) < 4.78 is 14.9. The lowest BCUT2D eigenvalue weighted by Gasteiger charge is -2.04. The van der Waals surface area contributed by atoms with Crippen molar-refractivity contribution in [3.8, 4) is 0 Å². The van der Waals surface area contributed by atoms with E-state index in [4.69, 9.17) is 0 Å². The molecule has 0 saturated carbocycles. The van der Waals surface area contributed by atoms with Crippen molar-refractivity contribution < 1.29 is 4.39 Å². The molecule has 0 fully saturated rings. The highest BCUT2D eigenvalue weighted by atomic mass is 32.1. The van der Waals surface area contributed by atoms with Crippen LogP contribution in [0, 0.1) is 19.7 Å². The van der Waals surface area contributed by atoms with Crippen molar-refractivity contribution in [3.63, 3.8) is 0 Å². The van der Waals surface area contributed by atoms with Crippen LogP contribution < -0.4 is 5.32 Å². The number of benzene rings is 2. The lowest BCUT2D eigenvalue weighted by atomic mass is 10.2. The largest absolute Gasteiger partial charge is 0.329 e. The Bertz CT molecular complexity index is 749. The zero-order chi connectivity index (χ0) is 13.4. The van der Waals surface area contributed by atoms with Crippen LogP contribution in [0.5, 0.6) is 0 Å². The smallest absolute Gasteiger partial charge is 0.188 e. The summed E-state index contributed by atoms with van der Waals surface area (Å²) in [6, 6.07) is 11.2. The van der Waals surface area contributed by atoms with Gasteiger partial charge in [0.05, 0.1) is 15.9 Å². The second kappa shape index (κ2) is 4.63. The zero-order valence-electron chi connectivity index (χ0n) is 10.7. The number of thiazole rings is 1. The maximum absolute atomic E-state index is 13.8. The normalized spacial score (nSPS) is 10.9. The van der Waals surface area contributed by atoms with Gasteiger partial charge in [-0.15, -0.1) is 0 Å². The van der Waals surface area contributed by atoms with Gasteiger partial charge < -0.3 is 5.32 Å². The molecule has 1 heterocycles. The van der Waals surface area contributed by atoms with E-state index in [-0.39, 0.29) is 5.82 Å². The van der Waals surface area contributed by atoms with Gasteiger partial charge in [0.25, 0.3) is 0 Å². The van der Waals surface area contributed by atoms with E-state index >= 15 is 0 Å². The lowest BCUT2D eigenvalue weighted by molar-refractivity contribution is 0.630. The molecule has 0 spiro atoms. The number of fused-ring (bicyclic) bond motifs is 1. The molecule has 0 atom stereocenters. The number of rotatable bonds is 2. The fourth-order valence-electron chi connectivity index (χ4n) is 1.92. The molecule has 1 N–H and O–H groups in total. The highest BCUT2D eigenvalue weighted by Crippen LogP contribution is 2.29. The van der Waals surface area contributed by atoms with E-state index in [9.17, 15) is 4.39 Å². The minimum absolute atomic E-state index is 0.254. The summed E-state index contributed by atoms with van der Waals surface area (Å²) in [4.78, 5) is 4.45. The monoisotopic (exact) mass is 272 g/mol. The molecule has 1 aromatic heterocycles. The summed E-state index contributed by atoms with van der Waals surface area (Å²) in [5.41, 5.74) is 3.50. The summed E-state index contributed by atoms with van der Waals surface area (Å²) in [5, 5.41) is 3.75. The van der Waals surface area contributed by atoms with Gasteiger partial charge in [0, 0.05) is 0 Å². The Morgan fingerprint density at radius 1 is 1.05 bits per heavy atom. The van der Waals surface area contributed by atoms with Crippen LogP contribution in [0.2, 0.25) is 0 Å². The second-order valence-corrected chi connectivity index (χ2v) is 5.63. The molecule has 3 rings (SSSR count). The summed E-state index contributed by atoms with van der Waals surface area (Å²) in [5.74, 6) is -0.254. The van der Waals surface area contributed by atoms with Crippen LogP contribution in [0.15, 0.2) is 36.4 Å². The van der Waals surface area contributed by atoms with Gasteiger partial charge in [0.2, 0.25) is 0 Å². The van der Waals surface area contributed by atoms with Gasteiger partial charge in [-0.1, -0.05) is 23.5 Å². The molecule has 96 valence electrons. The van der Waals surface area contributed by atoms with Gasteiger partial charge in [-0.05, 0) is 49.2 Å². The highest BCUT2D eigenvalue weighted by molar-refractivity contribution is 7.22. The van der Waals surface area contributed by atoms with E-state index in [2.05, 4.69) is 16.4 Å². The molecule has 0 aliphatic rings. The highest BCUT2D eigenvalue weighted by Gasteiger charge is 2.07. The molecule has 0 aliphatic heterocycles. The maximum atomic E-state index is 13.8. The fraction of sp³-hybridized carbons (Fsp3) is 0.133. The predicted octanol–water partition coefficient (Wildman–Crippen LogP) is 4.80. The first-order valence-corrected chi connectivity index (χ1v) is 6.84. The van der Waals surface area contributed by atoms with Crippen molar-refractivity contribution in [2.24, 2.45) is 0 Å². The number of aromatic nitrogens is 1. The number of hydrogen-bond acceptors (Lipinski definition) is 3. The van der Waals surface area contributed by atoms with Crippen molar-refractivity contribution >= 4 is 32.4 Å². The number of anilines is 2. The van der Waals surface area contributed by atoms with Crippen molar-refractivity contribution in [1.29, 1.82) is 0 Å². The van der Waals surface area contributed by atoms with E-state index in [1.165, 1.54) is 23.0 Å². The Labute approximate surface area is 114 Å². The lowest BCUT2D eigenvalue weighted by Crippen LogP contribution is -1.93. The van der Waals surface area contributed by atoms with Crippen LogP contribution in [0.1, 0.15) is 11.1 Å². The molecule has 0 bridgehead atoms. The molecule has 19 heavy (non-hydrogen) atoms. The predicted molar refractivity (Wildman–Crippen MR) is 78.8 cm³/mol. The van der Waals surface area contributed by atoms with Crippen LogP contribution in [-0.4, -0.2) is 4.98 Å². The molecule has 3 aromatic rings. The van der Waals surface area contributed by atoms with Crippen LogP contribution in [0.4, 0.5) is 15.2 Å². The van der Waals surface area contributed by atoms with Crippen molar-refractivity contribution in [1.82, 2.24) is 4.98 Å². The summed E-state index contributed by atoms with van der Waals surface area (Å²) in [6.45, 7) is 3.92. The first-order valence-electron chi connectivity index (χ1n) is 6.02. The Morgan fingerprint density at radius 2 is 1.79 bits per heavy atom. The maximum Gasteiger partial charge on any atom is 0.188 e. The van der Waals surface area contributed by atoms with Crippen LogP contribution in [0.25, 0.3) is 10.2 Å². The van der Waals surface area contributed by atoms with E-state index in [1.807, 2.05) is 32.0 Å². The van der Waals surface area contributed by atoms with Gasteiger partial charge in [-0.25, -0.2) is 9.37 Å². The second-order valence-electron chi connectivity index (χ2n) is 4.60. The van der Waals surface area contributed by atoms with Crippen LogP contribution in [0.3, 0.4) is 0 Å². The standard InChI is InChI=1S/C15H13FN2S/c1-9-3-5-12(11(16)7-9)17-15-18-13-6-4-10(2)8-14(13)19-15/h3-8H,1-2H3,(H,17,18). The summed E-state index contributed by atoms with van der Waals surface area (Å²) >= 11 is 1.53. The van der Waals surface area contributed by atoms with E-state index in [0.717, 1.165) is 15.8 Å². The minimum atomic E-state index is -0.254. The van der Waals surface area contributed by atoms with Gasteiger partial charge in [0.15, 0.2) is 5.13 Å². The Hall–Kier alpha value is -1.94. The SMILES string of the molecule is Cc1ccc(Nc2nc3ccc(C)cc3s2)c(F)c1. The molecule has 2 nitrogen and oxygen atoms in total. The average molecular weight is 272 g/mol. The quantitative estimate of drug-likeness (QED) is 0.725. The Balaban J connectivity index is 1.96. The third-order valence-electron chi connectivity index (χ3n) is 2.91. The molecule has 2 aromatic carbocycles. The molecule has 0 amide bonds. The average Bonchev–Trinajstić information content (AvgIpc) is 2.74. The number of nitrogens with zero attached hydrogens (tertiary/aromatic N) is 1. The third-order valence-corrected chi connectivity index (χ3v) is 3.84. The molecule has 0 aliphatic carbocycles. The summed E-state index contributed by atoms with van der Waals surface area (Å²) in [7, 11) is 0. The number of halogens is 1. The first-order chi connectivity index (χ1) is 9.11. The van der Waals surface area contributed by atoms with Gasteiger partial charge in [-0.3, -0.25) is 0 Å². The fourth-order valence-corrected chi connectivity index (χ4v) is 2.90. The van der Waals surface area contributed by atoms with Crippen molar-refractivity contribution in [2.75, 3.05) is 5.32 Å². The number of hydrogen-bond donors (Lipinski definition) is 1. The number of nitrogens with one attached hydrogen (secondary N) is 1. The molecular formula is C15H13FN2S. The molecule has 0 saturated heterocycles. The third kappa shape index (κ3) is 2.44. The van der Waals surface area contributed by atoms with Crippen molar-refractivity contribution in [2.45, 2.75) is 13.8 Å². The van der Waals surface area contributed by atoms with E-state index in [0.29, 0.717) is 10.8 Å². The minimum Gasteiger partial charge on any atom is -0.329 e. The topological polar surface area (TPSA) is 24.9 Å². The van der Waals surface area contributed by atoms with Gasteiger partial charge in [-0.2, -0.15) is 0 Å². The zero-order valence-corrected chi connectivity index (χ0v) is 11.5. The Kier molecular flexibility index (Phi) is 2.95. The van der Waals surface area contributed by atoms with E-state index in [1.54, 1.807) is 6.07 Å². The van der Waals surface area contributed by atoms with Crippen molar-refractivity contribution in [3.05, 3.63) is 53.3 Å². The van der Waals surface area contributed by atoms with E-state index < -0.39 is 0 Å².